The Kier molecular flexibility index (Phi) is 5.41. The van der Waals surface area contributed by atoms with E-state index in [0.29, 0.717) is 23.6 Å². The normalized spacial score (nSPS) is 12.3. The van der Waals surface area contributed by atoms with Crippen LogP contribution in [0.1, 0.15) is 13.8 Å². The Labute approximate surface area is 151 Å². The lowest BCUT2D eigenvalue weighted by molar-refractivity contribution is -0.121. The number of aromatic nitrogens is 1. The third-order valence-corrected chi connectivity index (χ3v) is 4.33. The second-order valence-corrected chi connectivity index (χ2v) is 6.59. The molecule has 1 heterocycles. The molecule has 0 aliphatic carbocycles. The number of nitrogens with zero attached hydrogens (tertiary/aromatic N) is 1. The predicted molar refractivity (Wildman–Crippen MR) is 102 cm³/mol. The Bertz CT molecular complexity index is 928. The highest BCUT2D eigenvalue weighted by Gasteiger charge is 2.16. The summed E-state index contributed by atoms with van der Waals surface area (Å²) in [5.41, 5.74) is 2.11. The van der Waals surface area contributed by atoms with E-state index in [1.54, 1.807) is 18.2 Å². The zero-order chi connectivity index (χ0) is 18.5. The van der Waals surface area contributed by atoms with Crippen LogP contribution in [0.25, 0.3) is 11.1 Å². The first-order chi connectivity index (χ1) is 12.5. The van der Waals surface area contributed by atoms with Crippen LogP contribution >= 0.6 is 0 Å². The van der Waals surface area contributed by atoms with Crippen LogP contribution in [-0.4, -0.2) is 23.1 Å². The van der Waals surface area contributed by atoms with E-state index >= 15 is 0 Å². The Morgan fingerprint density at radius 1 is 1.08 bits per heavy atom. The highest BCUT2D eigenvalue weighted by molar-refractivity contribution is 5.79. The summed E-state index contributed by atoms with van der Waals surface area (Å²) in [5, 5.41) is 6.34. The number of hydrogen-bond acceptors (Lipinski definition) is 4. The fourth-order valence-electron chi connectivity index (χ4n) is 2.79. The van der Waals surface area contributed by atoms with Crippen molar-refractivity contribution in [3.05, 3.63) is 65.1 Å². The summed E-state index contributed by atoms with van der Waals surface area (Å²) in [6.45, 7) is 4.60. The van der Waals surface area contributed by atoms with Gasteiger partial charge in [-0.1, -0.05) is 44.2 Å². The summed E-state index contributed by atoms with van der Waals surface area (Å²) in [6, 6.07) is 17.0. The van der Waals surface area contributed by atoms with Crippen LogP contribution in [-0.2, 0) is 11.3 Å². The summed E-state index contributed by atoms with van der Waals surface area (Å²) >= 11 is 0. The first-order valence-corrected chi connectivity index (χ1v) is 8.71. The highest BCUT2D eigenvalue weighted by atomic mass is 16.4. The number of rotatable bonds is 7. The quantitative estimate of drug-likeness (QED) is 0.685. The lowest BCUT2D eigenvalue weighted by Gasteiger charge is -2.24. The number of nitrogens with one attached hydrogen (secondary N) is 2. The van der Waals surface area contributed by atoms with E-state index in [-0.39, 0.29) is 18.5 Å². The minimum atomic E-state index is -0.524. The van der Waals surface area contributed by atoms with Gasteiger partial charge in [-0.2, -0.15) is 0 Å². The average molecular weight is 353 g/mol. The minimum absolute atomic E-state index is 0.0635. The maximum atomic E-state index is 12.3. The van der Waals surface area contributed by atoms with E-state index in [4.69, 9.17) is 4.42 Å². The molecule has 1 aromatic heterocycles. The molecule has 0 bridgehead atoms. The number of carbonyl (C=O) groups is 1. The van der Waals surface area contributed by atoms with Crippen molar-refractivity contribution in [1.82, 2.24) is 9.88 Å². The first-order valence-electron chi connectivity index (χ1n) is 8.71. The van der Waals surface area contributed by atoms with Crippen LogP contribution in [0.4, 0.5) is 5.69 Å². The molecule has 0 spiro atoms. The largest absolute Gasteiger partial charge is 0.420 e. The smallest absolute Gasteiger partial charge is 0.408 e. The van der Waals surface area contributed by atoms with Crippen LogP contribution in [0.2, 0.25) is 0 Å². The molecule has 3 aromatic rings. The maximum Gasteiger partial charge on any atom is 0.420 e. The van der Waals surface area contributed by atoms with Gasteiger partial charge in [-0.25, -0.2) is 4.79 Å². The molecule has 136 valence electrons. The van der Waals surface area contributed by atoms with Crippen molar-refractivity contribution < 1.29 is 9.21 Å². The van der Waals surface area contributed by atoms with Crippen LogP contribution in [0, 0.1) is 5.92 Å². The number of benzene rings is 2. The van der Waals surface area contributed by atoms with Gasteiger partial charge >= 0.3 is 5.76 Å². The Hall–Kier alpha value is -3.02. The molecule has 6 heteroatoms. The summed E-state index contributed by atoms with van der Waals surface area (Å²) < 4.78 is 6.50. The number of anilines is 1. The maximum absolute atomic E-state index is 12.3. The number of oxazole rings is 1. The van der Waals surface area contributed by atoms with E-state index in [9.17, 15) is 9.59 Å². The van der Waals surface area contributed by atoms with Gasteiger partial charge in [0.15, 0.2) is 5.58 Å². The molecule has 3 rings (SSSR count). The summed E-state index contributed by atoms with van der Waals surface area (Å²) in [7, 11) is 0. The van der Waals surface area contributed by atoms with Gasteiger partial charge in [0.25, 0.3) is 0 Å². The van der Waals surface area contributed by atoms with Crippen molar-refractivity contribution in [2.24, 2.45) is 5.92 Å². The average Bonchev–Trinajstić information content (AvgIpc) is 2.95. The molecule has 1 atom stereocenters. The van der Waals surface area contributed by atoms with E-state index < -0.39 is 5.76 Å². The van der Waals surface area contributed by atoms with Crippen LogP contribution in [0.3, 0.4) is 0 Å². The van der Waals surface area contributed by atoms with Crippen molar-refractivity contribution in [3.63, 3.8) is 0 Å². The molecule has 2 aromatic carbocycles. The highest BCUT2D eigenvalue weighted by Crippen LogP contribution is 2.13. The molecule has 26 heavy (non-hydrogen) atoms. The molecule has 0 saturated heterocycles. The topological polar surface area (TPSA) is 76.3 Å². The van der Waals surface area contributed by atoms with Gasteiger partial charge in [-0.3, -0.25) is 9.36 Å². The lowest BCUT2D eigenvalue weighted by Crippen LogP contribution is -2.41. The summed E-state index contributed by atoms with van der Waals surface area (Å²) in [6.07, 6.45) is 0. The Balaban J connectivity index is 1.63. The molecule has 2 N–H and O–H groups in total. The third-order valence-electron chi connectivity index (χ3n) is 4.33. The molecule has 0 aliphatic rings. The van der Waals surface area contributed by atoms with Crippen molar-refractivity contribution in [2.45, 2.75) is 26.4 Å². The zero-order valence-electron chi connectivity index (χ0n) is 14.9. The monoisotopic (exact) mass is 353 g/mol. The fraction of sp³-hybridized carbons (Fsp3) is 0.300. The molecular formula is C20H23N3O3. The van der Waals surface area contributed by atoms with Crippen LogP contribution < -0.4 is 16.4 Å². The van der Waals surface area contributed by atoms with Crippen molar-refractivity contribution in [3.8, 4) is 0 Å². The fourth-order valence-corrected chi connectivity index (χ4v) is 2.79. The molecule has 0 saturated carbocycles. The van der Waals surface area contributed by atoms with Crippen LogP contribution in [0.15, 0.2) is 63.8 Å². The molecular weight excluding hydrogens is 330 g/mol. The van der Waals surface area contributed by atoms with Crippen LogP contribution in [0.5, 0.6) is 0 Å². The second-order valence-electron chi connectivity index (χ2n) is 6.59. The molecule has 0 radical (unpaired) electrons. The van der Waals surface area contributed by atoms with E-state index in [1.807, 2.05) is 36.4 Å². The number of carbonyl (C=O) groups excluding carboxylic acids is 1. The van der Waals surface area contributed by atoms with Gasteiger partial charge in [0, 0.05) is 18.3 Å². The van der Waals surface area contributed by atoms with Gasteiger partial charge in [0.05, 0.1) is 5.52 Å². The number of fused-ring (bicyclic) bond motifs is 1. The van der Waals surface area contributed by atoms with E-state index in [0.717, 1.165) is 5.69 Å². The molecule has 6 nitrogen and oxygen atoms in total. The molecule has 0 fully saturated rings. The Morgan fingerprint density at radius 2 is 1.77 bits per heavy atom. The Morgan fingerprint density at radius 3 is 2.50 bits per heavy atom. The van der Waals surface area contributed by atoms with Gasteiger partial charge in [0.1, 0.15) is 6.54 Å². The van der Waals surface area contributed by atoms with Crippen molar-refractivity contribution in [1.29, 1.82) is 0 Å². The van der Waals surface area contributed by atoms with E-state index in [1.165, 1.54) is 4.57 Å². The van der Waals surface area contributed by atoms with Crippen molar-refractivity contribution in [2.75, 3.05) is 11.9 Å². The van der Waals surface area contributed by atoms with Gasteiger partial charge in [-0.15, -0.1) is 0 Å². The standard InChI is InChI=1S/C20H23N3O3/c1-14(2)16(22-15-8-4-3-5-9-15)12-21-19(24)13-23-17-10-6-7-11-18(17)26-20(23)25/h3-11,14,16,22H,12-13H2,1-2H3,(H,21,24). The van der Waals surface area contributed by atoms with E-state index in [2.05, 4.69) is 24.5 Å². The number of hydrogen-bond donors (Lipinski definition) is 2. The molecule has 0 aliphatic heterocycles. The zero-order valence-corrected chi connectivity index (χ0v) is 14.9. The summed E-state index contributed by atoms with van der Waals surface area (Å²) in [4.78, 5) is 24.3. The van der Waals surface area contributed by atoms with Gasteiger partial charge < -0.3 is 15.1 Å². The van der Waals surface area contributed by atoms with Gasteiger partial charge in [-0.05, 0) is 30.2 Å². The SMILES string of the molecule is CC(C)C(CNC(=O)Cn1c(=O)oc2ccccc21)Nc1ccccc1. The lowest BCUT2D eigenvalue weighted by atomic mass is 10.0. The molecule has 1 unspecified atom stereocenters. The number of para-hydroxylation sites is 3. The third kappa shape index (κ3) is 4.14. The summed E-state index contributed by atoms with van der Waals surface area (Å²) in [5.74, 6) is -0.420. The molecule has 1 amide bonds. The number of amides is 1. The van der Waals surface area contributed by atoms with Gasteiger partial charge in [0.2, 0.25) is 5.91 Å². The van der Waals surface area contributed by atoms with Crippen molar-refractivity contribution >= 4 is 22.7 Å². The minimum Gasteiger partial charge on any atom is -0.408 e. The second kappa shape index (κ2) is 7.91. The predicted octanol–water partition coefficient (Wildman–Crippen LogP) is 2.85. The first kappa shape index (κ1) is 17.8.